The van der Waals surface area contributed by atoms with Crippen LogP contribution in [0.2, 0.25) is 0 Å². The van der Waals surface area contributed by atoms with Crippen molar-refractivity contribution in [2.45, 2.75) is 13.3 Å². The van der Waals surface area contributed by atoms with Crippen LogP contribution in [0, 0.1) is 0 Å². The second-order valence-corrected chi connectivity index (χ2v) is 6.09. The molecule has 3 nitrogen and oxygen atoms in total. The summed E-state index contributed by atoms with van der Waals surface area (Å²) in [5, 5.41) is 0.920. The van der Waals surface area contributed by atoms with Crippen LogP contribution in [0.15, 0.2) is 60.7 Å². The maximum absolute atomic E-state index is 11.9. The molecule has 0 saturated carbocycles. The van der Waals surface area contributed by atoms with E-state index in [9.17, 15) is 4.79 Å². The molecular weight excluding hydrogens is 306 g/mol. The first kappa shape index (κ1) is 15.4. The van der Waals surface area contributed by atoms with E-state index in [1.165, 1.54) is 0 Å². The first-order valence-corrected chi connectivity index (χ1v) is 8.35. The molecule has 3 aromatic rings. The van der Waals surface area contributed by atoms with Gasteiger partial charge in [0.2, 0.25) is 0 Å². The van der Waals surface area contributed by atoms with E-state index in [0.29, 0.717) is 6.61 Å². The molecule has 4 heteroatoms. The van der Waals surface area contributed by atoms with Gasteiger partial charge in [0.25, 0.3) is 0 Å². The van der Waals surface area contributed by atoms with E-state index in [-0.39, 0.29) is 12.4 Å². The van der Waals surface area contributed by atoms with Crippen LogP contribution < -0.4 is 0 Å². The van der Waals surface area contributed by atoms with Gasteiger partial charge in [-0.15, -0.1) is 11.3 Å². The lowest BCUT2D eigenvalue weighted by Crippen LogP contribution is -2.07. The summed E-state index contributed by atoms with van der Waals surface area (Å²) in [6.45, 7) is 2.21. The summed E-state index contributed by atoms with van der Waals surface area (Å²) in [5.74, 6) is -0.215. The van der Waals surface area contributed by atoms with Crippen molar-refractivity contribution in [2.24, 2.45) is 0 Å². The zero-order chi connectivity index (χ0) is 16.1. The zero-order valence-electron chi connectivity index (χ0n) is 12.9. The Bertz CT molecular complexity index is 782. The van der Waals surface area contributed by atoms with Crippen molar-refractivity contribution in [1.82, 2.24) is 4.98 Å². The molecule has 2 aromatic carbocycles. The summed E-state index contributed by atoms with van der Waals surface area (Å²) in [6.07, 6.45) is 0.253. The van der Waals surface area contributed by atoms with Crippen LogP contribution in [0.1, 0.15) is 11.8 Å². The molecule has 0 spiro atoms. The fraction of sp³-hybridized carbons (Fsp3) is 0.158. The lowest BCUT2D eigenvalue weighted by molar-refractivity contribution is -0.142. The van der Waals surface area contributed by atoms with Crippen molar-refractivity contribution in [2.75, 3.05) is 6.61 Å². The van der Waals surface area contributed by atoms with Crippen molar-refractivity contribution in [1.29, 1.82) is 0 Å². The van der Waals surface area contributed by atoms with Crippen LogP contribution >= 0.6 is 11.3 Å². The number of ether oxygens (including phenoxy) is 1. The van der Waals surface area contributed by atoms with Gasteiger partial charge in [0.05, 0.1) is 18.7 Å². The summed E-state index contributed by atoms with van der Waals surface area (Å²) in [4.78, 5) is 17.6. The fourth-order valence-electron chi connectivity index (χ4n) is 2.34. The number of carbonyl (C=O) groups is 1. The number of aromatic nitrogens is 1. The summed E-state index contributed by atoms with van der Waals surface area (Å²) >= 11 is 1.55. The molecule has 23 heavy (non-hydrogen) atoms. The third-order valence-electron chi connectivity index (χ3n) is 3.38. The van der Waals surface area contributed by atoms with E-state index in [1.807, 2.05) is 67.6 Å². The van der Waals surface area contributed by atoms with Gasteiger partial charge in [0, 0.05) is 16.0 Å². The summed E-state index contributed by atoms with van der Waals surface area (Å²) in [6, 6.07) is 20.0. The number of hydrogen-bond acceptors (Lipinski definition) is 4. The largest absolute Gasteiger partial charge is 0.466 e. The van der Waals surface area contributed by atoms with Crippen LogP contribution in [0.25, 0.3) is 21.8 Å². The van der Waals surface area contributed by atoms with Crippen LogP contribution in [-0.2, 0) is 16.0 Å². The maximum atomic E-state index is 11.9. The Morgan fingerprint density at radius 1 is 1.00 bits per heavy atom. The van der Waals surface area contributed by atoms with Gasteiger partial charge in [-0.25, -0.2) is 4.98 Å². The molecule has 3 rings (SSSR count). The number of esters is 1. The molecule has 1 heterocycles. The Morgan fingerprint density at radius 3 is 2.22 bits per heavy atom. The van der Waals surface area contributed by atoms with Crippen LogP contribution in [0.5, 0.6) is 0 Å². The molecule has 1 aromatic heterocycles. The molecule has 116 valence electrons. The van der Waals surface area contributed by atoms with Gasteiger partial charge < -0.3 is 4.74 Å². The molecule has 0 atom stereocenters. The Labute approximate surface area is 139 Å². The Morgan fingerprint density at radius 2 is 1.61 bits per heavy atom. The molecule has 0 radical (unpaired) electrons. The predicted octanol–water partition coefficient (Wildman–Crippen LogP) is 4.58. The highest BCUT2D eigenvalue weighted by Gasteiger charge is 2.17. The minimum absolute atomic E-state index is 0.215. The fourth-order valence-corrected chi connectivity index (χ4v) is 3.41. The second kappa shape index (κ2) is 7.20. The molecule has 0 aliphatic rings. The van der Waals surface area contributed by atoms with Crippen molar-refractivity contribution < 1.29 is 9.53 Å². The SMILES string of the molecule is CCOC(=O)Cc1sc(-c2ccccc2)nc1-c1ccccc1. The molecule has 0 N–H and O–H groups in total. The van der Waals surface area contributed by atoms with Crippen LogP contribution in [-0.4, -0.2) is 17.6 Å². The summed E-state index contributed by atoms with van der Waals surface area (Å²) in [7, 11) is 0. The smallest absolute Gasteiger partial charge is 0.311 e. The molecule has 0 aliphatic heterocycles. The molecule has 0 bridgehead atoms. The minimum atomic E-state index is -0.215. The normalized spacial score (nSPS) is 10.5. The van der Waals surface area contributed by atoms with Gasteiger partial charge in [-0.05, 0) is 6.92 Å². The third-order valence-corrected chi connectivity index (χ3v) is 4.48. The average molecular weight is 323 g/mol. The highest BCUT2D eigenvalue weighted by atomic mass is 32.1. The van der Waals surface area contributed by atoms with E-state index < -0.39 is 0 Å². The van der Waals surface area contributed by atoms with Crippen molar-refractivity contribution in [3.63, 3.8) is 0 Å². The predicted molar refractivity (Wildman–Crippen MR) is 93.3 cm³/mol. The molecule has 0 fully saturated rings. The van der Waals surface area contributed by atoms with Gasteiger partial charge in [-0.3, -0.25) is 4.79 Å². The van der Waals surface area contributed by atoms with Crippen LogP contribution in [0.4, 0.5) is 0 Å². The molecular formula is C19H17NO2S. The number of carbonyl (C=O) groups excluding carboxylic acids is 1. The lowest BCUT2D eigenvalue weighted by Gasteiger charge is -2.02. The van der Waals surface area contributed by atoms with Crippen molar-refractivity contribution in [3.8, 4) is 21.8 Å². The van der Waals surface area contributed by atoms with E-state index in [0.717, 1.165) is 26.7 Å². The topological polar surface area (TPSA) is 39.2 Å². The molecule has 0 unspecified atom stereocenters. The Kier molecular flexibility index (Phi) is 4.83. The number of benzene rings is 2. The van der Waals surface area contributed by atoms with Gasteiger partial charge in [-0.1, -0.05) is 60.7 Å². The first-order chi connectivity index (χ1) is 11.3. The Hall–Kier alpha value is -2.46. The number of rotatable bonds is 5. The van der Waals surface area contributed by atoms with Crippen LogP contribution in [0.3, 0.4) is 0 Å². The maximum Gasteiger partial charge on any atom is 0.311 e. The van der Waals surface area contributed by atoms with Crippen molar-refractivity contribution in [3.05, 3.63) is 65.5 Å². The number of nitrogens with zero attached hydrogens (tertiary/aromatic N) is 1. The van der Waals surface area contributed by atoms with E-state index >= 15 is 0 Å². The van der Waals surface area contributed by atoms with E-state index in [1.54, 1.807) is 11.3 Å². The minimum Gasteiger partial charge on any atom is -0.466 e. The average Bonchev–Trinajstić information content (AvgIpc) is 3.00. The Balaban J connectivity index is 2.02. The molecule has 0 aliphatic carbocycles. The highest BCUT2D eigenvalue weighted by Crippen LogP contribution is 2.34. The van der Waals surface area contributed by atoms with Gasteiger partial charge >= 0.3 is 5.97 Å². The van der Waals surface area contributed by atoms with Gasteiger partial charge in [0.15, 0.2) is 0 Å². The third kappa shape index (κ3) is 3.66. The van der Waals surface area contributed by atoms with E-state index in [2.05, 4.69) is 0 Å². The highest BCUT2D eigenvalue weighted by molar-refractivity contribution is 7.15. The lowest BCUT2D eigenvalue weighted by atomic mass is 10.1. The number of thiazole rings is 1. The monoisotopic (exact) mass is 323 g/mol. The van der Waals surface area contributed by atoms with Gasteiger partial charge in [-0.2, -0.15) is 0 Å². The molecule has 0 saturated heterocycles. The molecule has 0 amide bonds. The standard InChI is InChI=1S/C19H17NO2S/c1-2-22-17(21)13-16-18(14-9-5-3-6-10-14)20-19(23-16)15-11-7-4-8-12-15/h3-12H,2,13H2,1H3. The second-order valence-electron chi connectivity index (χ2n) is 5.00. The summed E-state index contributed by atoms with van der Waals surface area (Å²) < 4.78 is 5.09. The van der Waals surface area contributed by atoms with E-state index in [4.69, 9.17) is 9.72 Å². The zero-order valence-corrected chi connectivity index (χ0v) is 13.7. The number of hydrogen-bond donors (Lipinski definition) is 0. The van der Waals surface area contributed by atoms with Gasteiger partial charge in [0.1, 0.15) is 5.01 Å². The quantitative estimate of drug-likeness (QED) is 0.645. The van der Waals surface area contributed by atoms with Crippen molar-refractivity contribution >= 4 is 17.3 Å². The summed E-state index contributed by atoms with van der Waals surface area (Å²) in [5.41, 5.74) is 2.94. The first-order valence-electron chi connectivity index (χ1n) is 7.54.